The van der Waals surface area contributed by atoms with Crippen molar-refractivity contribution in [3.8, 4) is 0 Å². The van der Waals surface area contributed by atoms with E-state index in [0.29, 0.717) is 5.96 Å². The van der Waals surface area contributed by atoms with Gasteiger partial charge in [-0.15, -0.1) is 11.8 Å². The van der Waals surface area contributed by atoms with Crippen LogP contribution >= 0.6 is 23.5 Å². The lowest BCUT2D eigenvalue weighted by molar-refractivity contribution is 0.456. The van der Waals surface area contributed by atoms with Gasteiger partial charge in [-0.25, -0.2) is 0 Å². The molecule has 1 aromatic rings. The smallest absolute Gasteiger partial charge is 0.191 e. The SMILES string of the molecule is CSc1ccc(CCN=C(N)N2CCSCC2)cc1. The summed E-state index contributed by atoms with van der Waals surface area (Å²) in [6, 6.07) is 8.67. The quantitative estimate of drug-likeness (QED) is 0.526. The van der Waals surface area contributed by atoms with Gasteiger partial charge in [0, 0.05) is 36.0 Å². The molecule has 0 saturated carbocycles. The van der Waals surface area contributed by atoms with E-state index in [4.69, 9.17) is 5.73 Å². The van der Waals surface area contributed by atoms with Crippen molar-refractivity contribution in [2.45, 2.75) is 11.3 Å². The molecular weight excluding hydrogens is 274 g/mol. The molecule has 1 aliphatic heterocycles. The number of hydrogen-bond acceptors (Lipinski definition) is 3. The molecule has 0 radical (unpaired) electrons. The van der Waals surface area contributed by atoms with E-state index in [1.807, 2.05) is 11.8 Å². The maximum atomic E-state index is 6.02. The van der Waals surface area contributed by atoms with Crippen LogP contribution in [-0.2, 0) is 6.42 Å². The number of nitrogens with two attached hydrogens (primary N) is 1. The molecular formula is C14H21N3S2. The minimum Gasteiger partial charge on any atom is -0.370 e. The summed E-state index contributed by atoms with van der Waals surface area (Å²) in [6.07, 6.45) is 3.05. The first-order valence-corrected chi connectivity index (χ1v) is 8.93. The minimum atomic E-state index is 0.709. The van der Waals surface area contributed by atoms with Crippen LogP contribution in [0, 0.1) is 0 Å². The van der Waals surface area contributed by atoms with E-state index in [9.17, 15) is 0 Å². The first-order valence-electron chi connectivity index (χ1n) is 6.55. The molecule has 1 aromatic carbocycles. The van der Waals surface area contributed by atoms with Gasteiger partial charge in [-0.2, -0.15) is 11.8 Å². The van der Waals surface area contributed by atoms with E-state index < -0.39 is 0 Å². The molecule has 5 heteroatoms. The molecule has 2 N–H and O–H groups in total. The highest BCUT2D eigenvalue weighted by Gasteiger charge is 2.11. The Morgan fingerprint density at radius 1 is 1.32 bits per heavy atom. The monoisotopic (exact) mass is 295 g/mol. The van der Waals surface area contributed by atoms with Gasteiger partial charge in [-0.05, 0) is 30.4 Å². The number of guanidine groups is 1. The van der Waals surface area contributed by atoms with E-state index in [-0.39, 0.29) is 0 Å². The average molecular weight is 295 g/mol. The van der Waals surface area contributed by atoms with Gasteiger partial charge in [-0.1, -0.05) is 12.1 Å². The molecule has 19 heavy (non-hydrogen) atoms. The van der Waals surface area contributed by atoms with Crippen LogP contribution in [0.3, 0.4) is 0 Å². The molecule has 1 heterocycles. The number of rotatable bonds is 4. The lowest BCUT2D eigenvalue weighted by atomic mass is 10.1. The van der Waals surface area contributed by atoms with Crippen molar-refractivity contribution in [2.75, 3.05) is 37.4 Å². The zero-order valence-corrected chi connectivity index (χ0v) is 13.0. The summed E-state index contributed by atoms with van der Waals surface area (Å²) in [5, 5.41) is 0. The predicted molar refractivity (Wildman–Crippen MR) is 87.3 cm³/mol. The molecule has 2 rings (SSSR count). The third-order valence-corrected chi connectivity index (χ3v) is 4.85. The van der Waals surface area contributed by atoms with Gasteiger partial charge in [0.1, 0.15) is 0 Å². The summed E-state index contributed by atoms with van der Waals surface area (Å²) in [4.78, 5) is 7.98. The molecule has 1 fully saturated rings. The van der Waals surface area contributed by atoms with Gasteiger partial charge in [0.2, 0.25) is 0 Å². The summed E-state index contributed by atoms with van der Waals surface area (Å²) in [6.45, 7) is 2.83. The second-order valence-electron chi connectivity index (χ2n) is 4.44. The summed E-state index contributed by atoms with van der Waals surface area (Å²) in [5.74, 6) is 3.03. The van der Waals surface area contributed by atoms with Gasteiger partial charge in [0.25, 0.3) is 0 Å². The highest BCUT2D eigenvalue weighted by molar-refractivity contribution is 7.99. The largest absolute Gasteiger partial charge is 0.370 e. The Balaban J connectivity index is 1.80. The fraction of sp³-hybridized carbons (Fsp3) is 0.500. The van der Waals surface area contributed by atoms with Gasteiger partial charge in [-0.3, -0.25) is 4.99 Å². The molecule has 0 unspecified atom stereocenters. The summed E-state index contributed by atoms with van der Waals surface area (Å²) < 4.78 is 0. The Morgan fingerprint density at radius 3 is 2.63 bits per heavy atom. The van der Waals surface area contributed by atoms with Crippen molar-refractivity contribution in [3.05, 3.63) is 29.8 Å². The van der Waals surface area contributed by atoms with Crippen LogP contribution in [0.15, 0.2) is 34.2 Å². The Morgan fingerprint density at radius 2 is 2.00 bits per heavy atom. The Bertz CT molecular complexity index is 411. The van der Waals surface area contributed by atoms with Crippen LogP contribution in [0.4, 0.5) is 0 Å². The Kier molecular flexibility index (Phi) is 5.92. The van der Waals surface area contributed by atoms with E-state index >= 15 is 0 Å². The van der Waals surface area contributed by atoms with Crippen molar-refractivity contribution in [1.82, 2.24) is 4.90 Å². The van der Waals surface area contributed by atoms with Crippen molar-refractivity contribution < 1.29 is 0 Å². The first-order chi connectivity index (χ1) is 9.29. The lowest BCUT2D eigenvalue weighted by Crippen LogP contribution is -2.42. The third kappa shape index (κ3) is 4.66. The fourth-order valence-electron chi connectivity index (χ4n) is 1.98. The number of aliphatic imine (C=N–C) groups is 1. The number of benzene rings is 1. The molecule has 0 atom stereocenters. The summed E-state index contributed by atoms with van der Waals surface area (Å²) >= 11 is 3.75. The molecule has 0 spiro atoms. The molecule has 0 amide bonds. The Labute approximate surface area is 124 Å². The molecule has 1 saturated heterocycles. The normalized spacial score (nSPS) is 16.7. The van der Waals surface area contributed by atoms with Crippen LogP contribution in [0.1, 0.15) is 5.56 Å². The summed E-state index contributed by atoms with van der Waals surface area (Å²) in [5.41, 5.74) is 7.34. The number of thioether (sulfide) groups is 2. The van der Waals surface area contributed by atoms with E-state index in [0.717, 1.165) is 37.6 Å². The number of hydrogen-bond donors (Lipinski definition) is 1. The molecule has 3 nitrogen and oxygen atoms in total. The van der Waals surface area contributed by atoms with Gasteiger partial charge in [0.15, 0.2) is 5.96 Å². The second-order valence-corrected chi connectivity index (χ2v) is 6.54. The van der Waals surface area contributed by atoms with Crippen molar-refractivity contribution in [2.24, 2.45) is 10.7 Å². The highest BCUT2D eigenvalue weighted by atomic mass is 32.2. The van der Waals surface area contributed by atoms with E-state index in [2.05, 4.69) is 40.4 Å². The molecule has 0 aliphatic carbocycles. The van der Waals surface area contributed by atoms with Crippen LogP contribution < -0.4 is 5.73 Å². The molecule has 0 aromatic heterocycles. The topological polar surface area (TPSA) is 41.6 Å². The maximum absolute atomic E-state index is 6.02. The van der Waals surface area contributed by atoms with Crippen LogP contribution in [0.25, 0.3) is 0 Å². The molecule has 1 aliphatic rings. The standard InChI is InChI=1S/C14H21N3S2/c1-18-13-4-2-12(3-5-13)6-7-16-14(15)17-8-10-19-11-9-17/h2-5H,6-11H2,1H3,(H2,15,16). The van der Waals surface area contributed by atoms with Crippen LogP contribution in [-0.4, -0.2) is 48.3 Å². The zero-order valence-electron chi connectivity index (χ0n) is 11.3. The van der Waals surface area contributed by atoms with Crippen LogP contribution in [0.2, 0.25) is 0 Å². The molecule has 0 bridgehead atoms. The fourth-order valence-corrected chi connectivity index (χ4v) is 3.30. The van der Waals surface area contributed by atoms with Gasteiger partial charge < -0.3 is 10.6 Å². The van der Waals surface area contributed by atoms with Gasteiger partial charge in [0.05, 0.1) is 0 Å². The third-order valence-electron chi connectivity index (χ3n) is 3.17. The zero-order chi connectivity index (χ0) is 13.5. The lowest BCUT2D eigenvalue weighted by Gasteiger charge is -2.27. The van der Waals surface area contributed by atoms with Crippen molar-refractivity contribution in [1.29, 1.82) is 0 Å². The second kappa shape index (κ2) is 7.70. The summed E-state index contributed by atoms with van der Waals surface area (Å²) in [7, 11) is 0. The number of nitrogens with zero attached hydrogens (tertiary/aromatic N) is 2. The highest BCUT2D eigenvalue weighted by Crippen LogP contribution is 2.15. The molecule has 104 valence electrons. The average Bonchev–Trinajstić information content (AvgIpc) is 2.49. The minimum absolute atomic E-state index is 0.709. The first kappa shape index (κ1) is 14.6. The van der Waals surface area contributed by atoms with Crippen molar-refractivity contribution in [3.63, 3.8) is 0 Å². The van der Waals surface area contributed by atoms with E-state index in [1.54, 1.807) is 11.8 Å². The van der Waals surface area contributed by atoms with Crippen LogP contribution in [0.5, 0.6) is 0 Å². The van der Waals surface area contributed by atoms with E-state index in [1.165, 1.54) is 10.5 Å². The van der Waals surface area contributed by atoms with Gasteiger partial charge >= 0.3 is 0 Å². The van der Waals surface area contributed by atoms with Crippen molar-refractivity contribution >= 4 is 29.5 Å². The Hall–Kier alpha value is -0.810. The maximum Gasteiger partial charge on any atom is 0.191 e. The predicted octanol–water partition coefficient (Wildman–Crippen LogP) is 2.31.